The molecule has 5 nitrogen and oxygen atoms in total. The van der Waals surface area contributed by atoms with Crippen LogP contribution in [0, 0.1) is 0 Å². The summed E-state index contributed by atoms with van der Waals surface area (Å²) in [6.45, 7) is 0.830. The molecule has 22 heavy (non-hydrogen) atoms. The van der Waals surface area contributed by atoms with Gasteiger partial charge in [0.1, 0.15) is 6.61 Å². The van der Waals surface area contributed by atoms with Crippen molar-refractivity contribution in [2.75, 3.05) is 12.8 Å². The number of ether oxygens (including phenoxy) is 1. The van der Waals surface area contributed by atoms with E-state index in [1.165, 1.54) is 6.42 Å². The smallest absolute Gasteiger partial charge is 0.442 e. The number of hydrogen-bond acceptors (Lipinski definition) is 4. The third-order valence-corrected chi connectivity index (χ3v) is 6.80. The van der Waals surface area contributed by atoms with Crippen LogP contribution in [0.2, 0.25) is 0 Å². The summed E-state index contributed by atoms with van der Waals surface area (Å²) in [5.41, 5.74) is 1.05. The Labute approximate surface area is 131 Å². The Bertz CT molecular complexity index is 661. The zero-order chi connectivity index (χ0) is 15.6. The predicted octanol–water partition coefficient (Wildman–Crippen LogP) is 2.71. The molecule has 6 heteroatoms. The van der Waals surface area contributed by atoms with Crippen LogP contribution in [0.3, 0.4) is 0 Å². The molecule has 2 aliphatic rings. The topological polar surface area (TPSA) is 67.8 Å². The molecule has 1 aromatic rings. The van der Waals surface area contributed by atoms with Crippen molar-refractivity contribution < 1.29 is 13.7 Å². The van der Waals surface area contributed by atoms with E-state index in [2.05, 4.69) is 9.68 Å². The first-order valence-electron chi connectivity index (χ1n) is 7.66. The zero-order valence-corrected chi connectivity index (χ0v) is 13.6. The van der Waals surface area contributed by atoms with E-state index in [1.54, 1.807) is 6.26 Å². The maximum absolute atomic E-state index is 12.7. The van der Waals surface area contributed by atoms with Crippen molar-refractivity contribution in [3.05, 3.63) is 35.9 Å². The Morgan fingerprint density at radius 3 is 2.73 bits per heavy atom. The number of rotatable bonds is 3. The number of carbonyl (C=O) groups is 1. The fraction of sp³-hybridized carbons (Fsp3) is 0.562. The van der Waals surface area contributed by atoms with Crippen molar-refractivity contribution in [1.29, 1.82) is 0 Å². The van der Waals surface area contributed by atoms with Crippen LogP contribution in [0.25, 0.3) is 0 Å². The van der Waals surface area contributed by atoms with Crippen LogP contribution in [0.5, 0.6) is 0 Å². The molecule has 1 aromatic carbocycles. The lowest BCUT2D eigenvalue weighted by Crippen LogP contribution is -2.45. The Balaban J connectivity index is 1.60. The lowest BCUT2D eigenvalue weighted by Gasteiger charge is -2.38. The molecule has 120 valence electrons. The molecular formula is C16H22N2O3S. The summed E-state index contributed by atoms with van der Waals surface area (Å²) in [4.78, 5) is 11.8. The van der Waals surface area contributed by atoms with Gasteiger partial charge in [-0.15, -0.1) is 4.36 Å². The van der Waals surface area contributed by atoms with Crippen LogP contribution in [-0.4, -0.2) is 33.9 Å². The van der Waals surface area contributed by atoms with E-state index in [-0.39, 0.29) is 17.4 Å². The van der Waals surface area contributed by atoms with Crippen molar-refractivity contribution in [2.24, 2.45) is 4.36 Å². The van der Waals surface area contributed by atoms with Crippen molar-refractivity contribution in [3.63, 3.8) is 0 Å². The molecule has 1 aliphatic heterocycles. The SMILES string of the molecule is CS(=O)(=NC(=O)OCc1ccccc1)C1CNC2(CCC2)C1. The minimum Gasteiger partial charge on any atom is -0.443 e. The van der Waals surface area contributed by atoms with E-state index < -0.39 is 15.8 Å². The summed E-state index contributed by atoms with van der Waals surface area (Å²) in [7, 11) is -2.57. The molecule has 2 atom stereocenters. The van der Waals surface area contributed by atoms with Crippen LogP contribution in [-0.2, 0) is 21.1 Å². The van der Waals surface area contributed by atoms with Gasteiger partial charge in [0.25, 0.3) is 0 Å². The molecule has 2 unspecified atom stereocenters. The largest absolute Gasteiger partial charge is 0.443 e. The molecule has 1 spiro atoms. The molecule has 0 aromatic heterocycles. The summed E-state index contributed by atoms with van der Waals surface area (Å²) in [5.74, 6) is 0. The lowest BCUT2D eigenvalue weighted by molar-refractivity contribution is 0.151. The first kappa shape index (κ1) is 15.5. The molecule has 0 radical (unpaired) electrons. The van der Waals surface area contributed by atoms with Gasteiger partial charge in [-0.25, -0.2) is 9.00 Å². The van der Waals surface area contributed by atoms with Crippen LogP contribution in [0.4, 0.5) is 4.79 Å². The van der Waals surface area contributed by atoms with Gasteiger partial charge in [0.15, 0.2) is 0 Å². The zero-order valence-electron chi connectivity index (χ0n) is 12.8. The van der Waals surface area contributed by atoms with E-state index in [0.717, 1.165) is 24.8 Å². The van der Waals surface area contributed by atoms with E-state index in [1.807, 2.05) is 30.3 Å². The van der Waals surface area contributed by atoms with Gasteiger partial charge in [0.05, 0.1) is 15.0 Å². The Morgan fingerprint density at radius 2 is 2.14 bits per heavy atom. The molecule has 1 saturated heterocycles. The lowest BCUT2D eigenvalue weighted by atomic mass is 9.76. The molecular weight excluding hydrogens is 300 g/mol. The van der Waals surface area contributed by atoms with Crippen LogP contribution < -0.4 is 5.32 Å². The molecule has 2 fully saturated rings. The summed E-state index contributed by atoms with van der Waals surface area (Å²) in [5, 5.41) is 3.39. The predicted molar refractivity (Wildman–Crippen MR) is 86.1 cm³/mol. The quantitative estimate of drug-likeness (QED) is 0.929. The van der Waals surface area contributed by atoms with Gasteiger partial charge in [0, 0.05) is 18.3 Å². The first-order valence-corrected chi connectivity index (χ1v) is 9.65. The second-order valence-electron chi connectivity index (χ2n) is 6.33. The van der Waals surface area contributed by atoms with Crippen molar-refractivity contribution >= 4 is 15.8 Å². The minimum atomic E-state index is -2.57. The second kappa shape index (κ2) is 6.01. The summed E-state index contributed by atoms with van der Waals surface area (Å²) in [6.07, 6.45) is 5.18. The highest BCUT2D eigenvalue weighted by Crippen LogP contribution is 2.40. The summed E-state index contributed by atoms with van der Waals surface area (Å²) < 4.78 is 21.7. The Morgan fingerprint density at radius 1 is 1.41 bits per heavy atom. The first-order chi connectivity index (χ1) is 10.5. The maximum Gasteiger partial charge on any atom is 0.442 e. The fourth-order valence-corrected chi connectivity index (χ4v) is 4.69. The van der Waals surface area contributed by atoms with E-state index >= 15 is 0 Å². The monoisotopic (exact) mass is 322 g/mol. The Hall–Kier alpha value is -1.40. The van der Waals surface area contributed by atoms with Gasteiger partial charge in [-0.2, -0.15) is 0 Å². The Kier molecular flexibility index (Phi) is 4.23. The van der Waals surface area contributed by atoms with Gasteiger partial charge in [-0.05, 0) is 31.2 Å². The fourth-order valence-electron chi connectivity index (χ4n) is 3.17. The molecule has 1 aliphatic carbocycles. The van der Waals surface area contributed by atoms with Crippen LogP contribution >= 0.6 is 0 Å². The average Bonchev–Trinajstić information content (AvgIpc) is 2.92. The highest BCUT2D eigenvalue weighted by atomic mass is 32.2. The van der Waals surface area contributed by atoms with E-state index in [4.69, 9.17) is 4.74 Å². The summed E-state index contributed by atoms with van der Waals surface area (Å²) in [6, 6.07) is 9.41. The minimum absolute atomic E-state index is 0.0722. The third kappa shape index (κ3) is 3.33. The molecule has 1 amide bonds. The number of carbonyl (C=O) groups excluding carboxylic acids is 1. The standard InChI is InChI=1S/C16H22N2O3S/c1-22(20,14-10-16(17-11-14)8-5-9-16)18-15(19)21-12-13-6-3-2-4-7-13/h2-4,6-7,14,17H,5,8-12H2,1H3. The molecule has 1 heterocycles. The third-order valence-electron chi connectivity index (χ3n) is 4.71. The molecule has 1 saturated carbocycles. The maximum atomic E-state index is 12.7. The van der Waals surface area contributed by atoms with Gasteiger partial charge in [-0.3, -0.25) is 0 Å². The van der Waals surface area contributed by atoms with Crippen molar-refractivity contribution in [1.82, 2.24) is 5.32 Å². The molecule has 1 N–H and O–H groups in total. The normalized spacial score (nSPS) is 25.2. The van der Waals surface area contributed by atoms with Crippen LogP contribution in [0.15, 0.2) is 34.7 Å². The number of benzene rings is 1. The second-order valence-corrected chi connectivity index (χ2v) is 8.90. The van der Waals surface area contributed by atoms with Crippen molar-refractivity contribution in [2.45, 2.75) is 43.1 Å². The summed E-state index contributed by atoms with van der Waals surface area (Å²) >= 11 is 0. The molecule has 3 rings (SSSR count). The number of nitrogens with zero attached hydrogens (tertiary/aromatic N) is 1. The molecule has 0 bridgehead atoms. The van der Waals surface area contributed by atoms with Crippen LogP contribution in [0.1, 0.15) is 31.2 Å². The highest BCUT2D eigenvalue weighted by Gasteiger charge is 2.45. The van der Waals surface area contributed by atoms with Gasteiger partial charge in [0.2, 0.25) is 0 Å². The number of hydrogen-bond donors (Lipinski definition) is 1. The van der Waals surface area contributed by atoms with E-state index in [9.17, 15) is 9.00 Å². The number of amides is 1. The van der Waals surface area contributed by atoms with Gasteiger partial charge < -0.3 is 10.1 Å². The van der Waals surface area contributed by atoms with Gasteiger partial charge in [-0.1, -0.05) is 30.3 Å². The van der Waals surface area contributed by atoms with E-state index in [0.29, 0.717) is 6.54 Å². The van der Waals surface area contributed by atoms with Crippen molar-refractivity contribution in [3.8, 4) is 0 Å². The highest BCUT2D eigenvalue weighted by molar-refractivity contribution is 7.93. The average molecular weight is 322 g/mol. The van der Waals surface area contributed by atoms with Gasteiger partial charge >= 0.3 is 6.09 Å². The number of nitrogens with one attached hydrogen (secondary N) is 1.